The van der Waals surface area contributed by atoms with Crippen LogP contribution in [0.5, 0.6) is 0 Å². The van der Waals surface area contributed by atoms with Gasteiger partial charge in [-0.2, -0.15) is 0 Å². The normalized spacial score (nSPS) is 17.2. The zero-order valence-electron chi connectivity index (χ0n) is 14.4. The molecule has 134 valence electrons. The molecule has 3 rings (SSSR count). The van der Waals surface area contributed by atoms with Gasteiger partial charge >= 0.3 is 5.69 Å². The first-order chi connectivity index (χ1) is 12.1. The number of hydrogen-bond acceptors (Lipinski definition) is 5. The lowest BCUT2D eigenvalue weighted by Crippen LogP contribution is -2.33. The van der Waals surface area contributed by atoms with E-state index in [-0.39, 0.29) is 17.3 Å². The van der Waals surface area contributed by atoms with Crippen LogP contribution >= 0.6 is 23.5 Å². The van der Waals surface area contributed by atoms with Crippen molar-refractivity contribution in [3.8, 4) is 0 Å². The van der Waals surface area contributed by atoms with Crippen LogP contribution in [0.2, 0.25) is 0 Å². The highest BCUT2D eigenvalue weighted by Crippen LogP contribution is 2.37. The van der Waals surface area contributed by atoms with E-state index in [9.17, 15) is 9.59 Å². The van der Waals surface area contributed by atoms with Crippen LogP contribution in [0.1, 0.15) is 26.7 Å². The minimum absolute atomic E-state index is 0.0469. The van der Waals surface area contributed by atoms with Gasteiger partial charge in [-0.25, -0.2) is 9.89 Å². The van der Waals surface area contributed by atoms with Crippen molar-refractivity contribution in [2.75, 3.05) is 17.2 Å². The predicted octanol–water partition coefficient (Wildman–Crippen LogP) is 2.99. The quantitative estimate of drug-likeness (QED) is 0.810. The van der Waals surface area contributed by atoms with Gasteiger partial charge < -0.3 is 4.90 Å². The van der Waals surface area contributed by atoms with E-state index in [0.29, 0.717) is 23.5 Å². The summed E-state index contributed by atoms with van der Waals surface area (Å²) in [4.78, 5) is 27.6. The molecule has 0 saturated carbocycles. The molecule has 8 heteroatoms. The van der Waals surface area contributed by atoms with Crippen LogP contribution in [-0.2, 0) is 11.3 Å². The highest BCUT2D eigenvalue weighted by molar-refractivity contribution is 8.00. The number of para-hydroxylation sites is 1. The van der Waals surface area contributed by atoms with Gasteiger partial charge in [0.05, 0.1) is 11.4 Å². The van der Waals surface area contributed by atoms with Gasteiger partial charge in [-0.3, -0.25) is 9.36 Å². The van der Waals surface area contributed by atoms with Crippen molar-refractivity contribution in [1.82, 2.24) is 14.8 Å². The molecule has 2 aromatic rings. The number of carbonyl (C=O) groups is 1. The summed E-state index contributed by atoms with van der Waals surface area (Å²) in [7, 11) is 0. The Hall–Kier alpha value is -1.67. The third-order valence-corrected chi connectivity index (χ3v) is 6.24. The van der Waals surface area contributed by atoms with Crippen molar-refractivity contribution in [2.45, 2.75) is 48.5 Å². The molecule has 1 aliphatic heterocycles. The van der Waals surface area contributed by atoms with Crippen LogP contribution in [0.25, 0.3) is 0 Å². The van der Waals surface area contributed by atoms with Crippen molar-refractivity contribution >= 4 is 35.1 Å². The molecule has 1 atom stereocenters. The smallest absolute Gasteiger partial charge is 0.311 e. The molecule has 0 radical (unpaired) electrons. The lowest BCUT2D eigenvalue weighted by atomic mass is 10.2. The number of aromatic nitrogens is 3. The van der Waals surface area contributed by atoms with Crippen LogP contribution in [0.15, 0.2) is 39.1 Å². The molecule has 1 aromatic heterocycles. The minimum Gasteiger partial charge on any atom is -0.311 e. The number of benzene rings is 1. The number of carbonyl (C=O) groups excluding carboxylic acids is 1. The van der Waals surface area contributed by atoms with E-state index < -0.39 is 0 Å². The summed E-state index contributed by atoms with van der Waals surface area (Å²) in [6.07, 6.45) is 1.80. The molecule has 6 nitrogen and oxygen atoms in total. The summed E-state index contributed by atoms with van der Waals surface area (Å²) < 4.78 is 1.59. The number of amides is 1. The Morgan fingerprint density at radius 3 is 3.04 bits per heavy atom. The van der Waals surface area contributed by atoms with E-state index >= 15 is 0 Å². The molecular formula is C17H22N4O2S2. The number of fused-ring (bicyclic) bond motifs is 1. The van der Waals surface area contributed by atoms with Crippen molar-refractivity contribution < 1.29 is 4.79 Å². The molecule has 0 fully saturated rings. The molecule has 0 aliphatic carbocycles. The fraction of sp³-hybridized carbons (Fsp3) is 0.471. The average Bonchev–Trinajstić information content (AvgIpc) is 2.85. The molecule has 1 aliphatic rings. The number of rotatable bonds is 5. The van der Waals surface area contributed by atoms with Crippen molar-refractivity contribution in [3.63, 3.8) is 0 Å². The molecule has 0 saturated heterocycles. The maximum Gasteiger partial charge on any atom is 0.343 e. The molecule has 25 heavy (non-hydrogen) atoms. The fourth-order valence-corrected chi connectivity index (χ4v) is 4.75. The first-order valence-electron chi connectivity index (χ1n) is 8.44. The summed E-state index contributed by atoms with van der Waals surface area (Å²) in [5.74, 6) is 0.312. The van der Waals surface area contributed by atoms with E-state index in [2.05, 4.69) is 23.2 Å². The maximum atomic E-state index is 12.8. The van der Waals surface area contributed by atoms with Crippen LogP contribution in [-0.4, -0.2) is 38.2 Å². The fourth-order valence-electron chi connectivity index (χ4n) is 2.78. The highest BCUT2D eigenvalue weighted by atomic mass is 32.2. The first-order valence-corrected chi connectivity index (χ1v) is 10.3. The lowest BCUT2D eigenvalue weighted by molar-refractivity contribution is -0.116. The second-order valence-corrected chi connectivity index (χ2v) is 8.40. The molecule has 0 spiro atoms. The Morgan fingerprint density at radius 1 is 1.44 bits per heavy atom. The second kappa shape index (κ2) is 8.14. The van der Waals surface area contributed by atoms with Gasteiger partial charge in [0.25, 0.3) is 0 Å². The number of hydrogen-bond donors (Lipinski definition) is 1. The van der Waals surface area contributed by atoms with Crippen LogP contribution in [0.4, 0.5) is 5.69 Å². The van der Waals surface area contributed by atoms with E-state index in [1.165, 1.54) is 11.8 Å². The average molecular weight is 379 g/mol. The number of nitrogens with one attached hydrogen (secondary N) is 1. The van der Waals surface area contributed by atoms with E-state index in [4.69, 9.17) is 0 Å². The number of nitrogens with zero attached hydrogens (tertiary/aromatic N) is 3. The molecule has 1 unspecified atom stereocenters. The van der Waals surface area contributed by atoms with E-state index in [1.807, 2.05) is 41.8 Å². The predicted molar refractivity (Wildman–Crippen MR) is 103 cm³/mol. The Labute approximate surface area is 155 Å². The summed E-state index contributed by atoms with van der Waals surface area (Å²) in [5.41, 5.74) is 0.762. The molecule has 1 aromatic carbocycles. The summed E-state index contributed by atoms with van der Waals surface area (Å²) in [5, 5.41) is 7.56. The monoisotopic (exact) mass is 378 g/mol. The third-order valence-electron chi connectivity index (χ3n) is 4.04. The van der Waals surface area contributed by atoms with Gasteiger partial charge in [-0.15, -0.1) is 16.9 Å². The van der Waals surface area contributed by atoms with Gasteiger partial charge in [0.15, 0.2) is 5.16 Å². The third kappa shape index (κ3) is 4.12. The zero-order valence-corrected chi connectivity index (χ0v) is 16.0. The van der Waals surface area contributed by atoms with Gasteiger partial charge in [-0.05, 0) is 25.0 Å². The highest BCUT2D eigenvalue weighted by Gasteiger charge is 2.24. The SMILES string of the molecule is CCCn1c(SCC(=O)N2CCC(C)Sc3ccccc32)n[nH]c1=O. The topological polar surface area (TPSA) is 71.0 Å². The Balaban J connectivity index is 1.74. The summed E-state index contributed by atoms with van der Waals surface area (Å²) in [6.45, 7) is 5.52. The van der Waals surface area contributed by atoms with Gasteiger partial charge in [0, 0.05) is 23.2 Å². The Kier molecular flexibility index (Phi) is 5.90. The molecule has 2 heterocycles. The zero-order chi connectivity index (χ0) is 17.8. The molecule has 1 amide bonds. The van der Waals surface area contributed by atoms with Crippen molar-refractivity contribution in [1.29, 1.82) is 0 Å². The Bertz CT molecular complexity index is 802. The summed E-state index contributed by atoms with van der Waals surface area (Å²) in [6, 6.07) is 8.05. The van der Waals surface area contributed by atoms with Crippen molar-refractivity contribution in [2.24, 2.45) is 0 Å². The molecule has 0 bridgehead atoms. The van der Waals surface area contributed by atoms with Crippen molar-refractivity contribution in [3.05, 3.63) is 34.7 Å². The van der Waals surface area contributed by atoms with Gasteiger partial charge in [0.2, 0.25) is 5.91 Å². The lowest BCUT2D eigenvalue weighted by Gasteiger charge is -2.22. The molecular weight excluding hydrogens is 356 g/mol. The van der Waals surface area contributed by atoms with Gasteiger partial charge in [-0.1, -0.05) is 37.7 Å². The Morgan fingerprint density at radius 2 is 2.24 bits per heavy atom. The standard InChI is InChI=1S/C17H22N4O2S2/c1-3-9-21-16(23)18-19-17(21)24-11-15(22)20-10-8-12(2)25-14-7-5-4-6-13(14)20/h4-7,12H,3,8-11H2,1-2H3,(H,18,23). The molecule has 1 N–H and O–H groups in total. The maximum absolute atomic E-state index is 12.8. The van der Waals surface area contributed by atoms with Crippen LogP contribution < -0.4 is 10.6 Å². The summed E-state index contributed by atoms with van der Waals surface area (Å²) >= 11 is 3.13. The van der Waals surface area contributed by atoms with Gasteiger partial charge in [0.1, 0.15) is 0 Å². The number of aromatic amines is 1. The van der Waals surface area contributed by atoms with Crippen LogP contribution in [0, 0.1) is 0 Å². The first kappa shape index (κ1) is 18.1. The van der Waals surface area contributed by atoms with E-state index in [0.717, 1.165) is 23.4 Å². The number of H-pyrrole nitrogens is 1. The number of thioether (sulfide) groups is 2. The van der Waals surface area contributed by atoms with Crippen LogP contribution in [0.3, 0.4) is 0 Å². The minimum atomic E-state index is -0.220. The largest absolute Gasteiger partial charge is 0.343 e. The second-order valence-electron chi connectivity index (χ2n) is 5.98. The van der Waals surface area contributed by atoms with E-state index in [1.54, 1.807) is 4.57 Å². The number of anilines is 1.